The second-order valence-corrected chi connectivity index (χ2v) is 4.67. The molecule has 5 heteroatoms. The fourth-order valence-electron chi connectivity index (χ4n) is 1.69. The maximum absolute atomic E-state index is 11.9. The van der Waals surface area contributed by atoms with Gasteiger partial charge in [0.1, 0.15) is 0 Å². The van der Waals surface area contributed by atoms with Crippen molar-refractivity contribution in [2.45, 2.75) is 6.92 Å². The van der Waals surface area contributed by atoms with Gasteiger partial charge in [-0.15, -0.1) is 0 Å². The molecule has 0 saturated heterocycles. The monoisotopic (exact) mass is 287 g/mol. The third-order valence-corrected chi connectivity index (χ3v) is 3.03. The molecule has 3 N–H and O–H groups in total. The lowest BCUT2D eigenvalue weighted by molar-refractivity contribution is 0.0955. The molecule has 0 aliphatic heterocycles. The number of hydrogen-bond donors (Lipinski definition) is 2. The minimum absolute atomic E-state index is 0.296. The van der Waals surface area contributed by atoms with Gasteiger partial charge in [0.2, 0.25) is 0 Å². The molecule has 102 valence electrons. The summed E-state index contributed by atoms with van der Waals surface area (Å²) in [6, 6.07) is 13.9. The van der Waals surface area contributed by atoms with Crippen LogP contribution in [0, 0.1) is 0 Å². The number of nitrogens with two attached hydrogens (primary N) is 1. The van der Waals surface area contributed by atoms with Crippen molar-refractivity contribution in [2.75, 3.05) is 5.73 Å². The van der Waals surface area contributed by atoms with Crippen molar-refractivity contribution in [2.24, 2.45) is 5.10 Å². The van der Waals surface area contributed by atoms with Gasteiger partial charge in [-0.2, -0.15) is 5.10 Å². The van der Waals surface area contributed by atoms with Crippen LogP contribution in [0.5, 0.6) is 0 Å². The first-order chi connectivity index (χ1) is 9.58. The van der Waals surface area contributed by atoms with E-state index in [4.69, 9.17) is 17.3 Å². The molecule has 0 bridgehead atoms. The predicted octanol–water partition coefficient (Wildman–Crippen LogP) is 3.08. The summed E-state index contributed by atoms with van der Waals surface area (Å²) in [5, 5.41) is 4.64. The third-order valence-electron chi connectivity index (χ3n) is 2.78. The predicted molar refractivity (Wildman–Crippen MR) is 82.0 cm³/mol. The van der Waals surface area contributed by atoms with Crippen LogP contribution >= 0.6 is 11.6 Å². The Morgan fingerprint density at radius 1 is 1.15 bits per heavy atom. The summed E-state index contributed by atoms with van der Waals surface area (Å²) in [4.78, 5) is 11.9. The number of para-hydroxylation sites is 1. The highest BCUT2D eigenvalue weighted by molar-refractivity contribution is 6.30. The summed E-state index contributed by atoms with van der Waals surface area (Å²) >= 11 is 5.77. The van der Waals surface area contributed by atoms with Crippen LogP contribution in [0.1, 0.15) is 22.8 Å². The van der Waals surface area contributed by atoms with Crippen LogP contribution in [0.25, 0.3) is 0 Å². The summed E-state index contributed by atoms with van der Waals surface area (Å²) < 4.78 is 0. The van der Waals surface area contributed by atoms with E-state index in [-0.39, 0.29) is 5.91 Å². The maximum Gasteiger partial charge on any atom is 0.271 e. The van der Waals surface area contributed by atoms with Gasteiger partial charge in [0.15, 0.2) is 0 Å². The van der Waals surface area contributed by atoms with Gasteiger partial charge in [-0.1, -0.05) is 29.8 Å². The largest absolute Gasteiger partial charge is 0.398 e. The molecule has 20 heavy (non-hydrogen) atoms. The van der Waals surface area contributed by atoms with E-state index in [0.717, 1.165) is 5.56 Å². The normalized spacial score (nSPS) is 11.2. The lowest BCUT2D eigenvalue weighted by atomic mass is 10.1. The molecule has 1 amide bonds. The lowest BCUT2D eigenvalue weighted by Crippen LogP contribution is -2.19. The van der Waals surface area contributed by atoms with Gasteiger partial charge in [0, 0.05) is 21.8 Å². The summed E-state index contributed by atoms with van der Waals surface area (Å²) in [5.74, 6) is -0.296. The van der Waals surface area contributed by atoms with Crippen LogP contribution in [0.4, 0.5) is 5.69 Å². The molecule has 2 aromatic rings. The first-order valence-corrected chi connectivity index (χ1v) is 6.41. The van der Waals surface area contributed by atoms with Crippen LogP contribution in [0.15, 0.2) is 53.6 Å². The van der Waals surface area contributed by atoms with Gasteiger partial charge in [-0.3, -0.25) is 4.79 Å². The van der Waals surface area contributed by atoms with Crippen LogP contribution in [-0.4, -0.2) is 11.6 Å². The van der Waals surface area contributed by atoms with E-state index >= 15 is 0 Å². The first-order valence-electron chi connectivity index (χ1n) is 6.03. The van der Waals surface area contributed by atoms with Gasteiger partial charge >= 0.3 is 0 Å². The fourth-order valence-corrected chi connectivity index (χ4v) is 1.81. The van der Waals surface area contributed by atoms with Gasteiger partial charge < -0.3 is 5.73 Å². The van der Waals surface area contributed by atoms with Crippen molar-refractivity contribution in [1.82, 2.24) is 5.43 Å². The Kier molecular flexibility index (Phi) is 4.38. The number of anilines is 1. The Bertz CT molecular complexity index is 650. The zero-order chi connectivity index (χ0) is 14.5. The van der Waals surface area contributed by atoms with Crippen molar-refractivity contribution < 1.29 is 4.79 Å². The molecule has 0 radical (unpaired) electrons. The topological polar surface area (TPSA) is 67.5 Å². The number of amides is 1. The zero-order valence-corrected chi connectivity index (χ0v) is 11.7. The van der Waals surface area contributed by atoms with E-state index in [1.54, 1.807) is 37.3 Å². The molecule has 2 rings (SSSR count). The number of hydrogen-bond acceptors (Lipinski definition) is 3. The molecule has 4 nitrogen and oxygen atoms in total. The average molecular weight is 288 g/mol. The quantitative estimate of drug-likeness (QED) is 0.517. The molecular formula is C15H14ClN3O. The highest BCUT2D eigenvalue weighted by Crippen LogP contribution is 2.12. The second-order valence-electron chi connectivity index (χ2n) is 4.23. The number of nitrogens with zero attached hydrogens (tertiary/aromatic N) is 1. The van der Waals surface area contributed by atoms with E-state index in [0.29, 0.717) is 22.0 Å². The van der Waals surface area contributed by atoms with Crippen molar-refractivity contribution in [3.8, 4) is 0 Å². The minimum Gasteiger partial charge on any atom is -0.398 e. The molecule has 0 saturated carbocycles. The Labute approximate surface area is 122 Å². The Morgan fingerprint density at radius 2 is 1.80 bits per heavy atom. The molecule has 0 heterocycles. The fraction of sp³-hybridized carbons (Fsp3) is 0.0667. The molecule has 0 aliphatic rings. The van der Waals surface area contributed by atoms with E-state index < -0.39 is 0 Å². The van der Waals surface area contributed by atoms with Gasteiger partial charge in [-0.05, 0) is 37.3 Å². The standard InChI is InChI=1S/C15H14ClN3O/c1-10(13-4-2-3-5-14(13)17)18-19-15(20)11-6-8-12(16)9-7-11/h2-9H,17H2,1H3,(H,19,20). The highest BCUT2D eigenvalue weighted by atomic mass is 35.5. The van der Waals surface area contributed by atoms with Crippen LogP contribution < -0.4 is 11.2 Å². The Hall–Kier alpha value is -2.33. The number of rotatable bonds is 3. The number of carbonyl (C=O) groups is 1. The summed E-state index contributed by atoms with van der Waals surface area (Å²) in [6.07, 6.45) is 0. The number of nitrogen functional groups attached to an aromatic ring is 1. The molecule has 0 fully saturated rings. The second kappa shape index (κ2) is 6.21. The Morgan fingerprint density at radius 3 is 2.45 bits per heavy atom. The van der Waals surface area contributed by atoms with Crippen LogP contribution in [-0.2, 0) is 0 Å². The number of benzene rings is 2. The molecule has 0 atom stereocenters. The van der Waals surface area contributed by atoms with E-state index in [1.807, 2.05) is 18.2 Å². The summed E-state index contributed by atoms with van der Waals surface area (Å²) in [6.45, 7) is 1.79. The molecule has 0 aliphatic carbocycles. The maximum atomic E-state index is 11.9. The van der Waals surface area contributed by atoms with Crippen molar-refractivity contribution in [1.29, 1.82) is 0 Å². The molecular weight excluding hydrogens is 274 g/mol. The molecule has 2 aromatic carbocycles. The van der Waals surface area contributed by atoms with Crippen molar-refractivity contribution in [3.05, 3.63) is 64.7 Å². The average Bonchev–Trinajstić information content (AvgIpc) is 2.45. The first kappa shape index (κ1) is 14.1. The smallest absolute Gasteiger partial charge is 0.271 e. The van der Waals surface area contributed by atoms with Crippen molar-refractivity contribution >= 4 is 28.9 Å². The van der Waals surface area contributed by atoms with Gasteiger partial charge in [-0.25, -0.2) is 5.43 Å². The number of nitrogens with one attached hydrogen (secondary N) is 1. The van der Waals surface area contributed by atoms with E-state index in [2.05, 4.69) is 10.5 Å². The van der Waals surface area contributed by atoms with Crippen LogP contribution in [0.2, 0.25) is 5.02 Å². The summed E-state index contributed by atoms with van der Waals surface area (Å²) in [5.41, 5.74) is 10.9. The molecule has 0 spiro atoms. The van der Waals surface area contributed by atoms with Crippen LogP contribution in [0.3, 0.4) is 0 Å². The minimum atomic E-state index is -0.296. The lowest BCUT2D eigenvalue weighted by Gasteiger charge is -2.05. The number of hydrazone groups is 1. The van der Waals surface area contributed by atoms with E-state index in [9.17, 15) is 4.79 Å². The molecule has 0 unspecified atom stereocenters. The van der Waals surface area contributed by atoms with Crippen molar-refractivity contribution in [3.63, 3.8) is 0 Å². The highest BCUT2D eigenvalue weighted by Gasteiger charge is 2.05. The number of carbonyl (C=O) groups excluding carboxylic acids is 1. The SMILES string of the molecule is CC(=NNC(=O)c1ccc(Cl)cc1)c1ccccc1N. The zero-order valence-electron chi connectivity index (χ0n) is 10.9. The van der Waals surface area contributed by atoms with E-state index in [1.165, 1.54) is 0 Å². The number of halogens is 1. The molecule has 0 aromatic heterocycles. The van der Waals surface area contributed by atoms with Gasteiger partial charge in [0.05, 0.1) is 5.71 Å². The third kappa shape index (κ3) is 3.36. The summed E-state index contributed by atoms with van der Waals surface area (Å²) in [7, 11) is 0. The van der Waals surface area contributed by atoms with Gasteiger partial charge in [0.25, 0.3) is 5.91 Å². The Balaban J connectivity index is 2.11.